The van der Waals surface area contributed by atoms with E-state index in [2.05, 4.69) is 14.9 Å². The third-order valence-corrected chi connectivity index (χ3v) is 4.16. The minimum atomic E-state index is -4.84. The number of halogens is 4. The van der Waals surface area contributed by atoms with E-state index in [1.165, 1.54) is 16.7 Å². The predicted molar refractivity (Wildman–Crippen MR) is 92.3 cm³/mol. The molecule has 0 radical (unpaired) electrons. The monoisotopic (exact) mass is 394 g/mol. The third-order valence-electron chi connectivity index (χ3n) is 3.92. The van der Waals surface area contributed by atoms with Crippen molar-refractivity contribution in [2.45, 2.75) is 12.2 Å². The first-order valence-corrected chi connectivity index (χ1v) is 8.22. The van der Waals surface area contributed by atoms with E-state index in [0.717, 1.165) is 12.1 Å². The summed E-state index contributed by atoms with van der Waals surface area (Å²) in [7, 11) is 0. The number of ether oxygens (including phenoxy) is 1. The lowest BCUT2D eigenvalue weighted by Gasteiger charge is -2.13. The van der Waals surface area contributed by atoms with Crippen molar-refractivity contribution in [3.8, 4) is 11.4 Å². The normalized spacial score (nSPS) is 12.0. The SMILES string of the molecule is O=c1c2ccccc2n2c(CCl)nnc2n1-c1cccc(OC(F)(F)F)c1. The quantitative estimate of drug-likeness (QED) is 0.497. The smallest absolute Gasteiger partial charge is 0.406 e. The molecule has 0 saturated carbocycles. The maximum absolute atomic E-state index is 13.0. The van der Waals surface area contributed by atoms with E-state index in [1.54, 1.807) is 28.7 Å². The summed E-state index contributed by atoms with van der Waals surface area (Å²) in [5.41, 5.74) is 0.263. The summed E-state index contributed by atoms with van der Waals surface area (Å²) in [6, 6.07) is 11.9. The van der Waals surface area contributed by atoms with Gasteiger partial charge in [-0.2, -0.15) is 0 Å². The number of benzene rings is 2. The van der Waals surface area contributed by atoms with Gasteiger partial charge in [-0.05, 0) is 24.3 Å². The molecule has 0 saturated heterocycles. The molecule has 2 aromatic heterocycles. The first kappa shape index (κ1) is 17.3. The van der Waals surface area contributed by atoms with E-state index < -0.39 is 17.7 Å². The number of hydrogen-bond acceptors (Lipinski definition) is 4. The van der Waals surface area contributed by atoms with E-state index in [9.17, 15) is 18.0 Å². The fraction of sp³-hybridized carbons (Fsp3) is 0.118. The molecule has 0 aliphatic carbocycles. The van der Waals surface area contributed by atoms with Crippen LogP contribution < -0.4 is 10.3 Å². The van der Waals surface area contributed by atoms with E-state index in [1.807, 2.05) is 0 Å². The Bertz CT molecular complexity index is 1220. The van der Waals surface area contributed by atoms with E-state index in [0.29, 0.717) is 16.7 Å². The molecule has 2 heterocycles. The molecular weight excluding hydrogens is 385 g/mol. The number of para-hydroxylation sites is 1. The van der Waals surface area contributed by atoms with Crippen LogP contribution in [0.3, 0.4) is 0 Å². The Kier molecular flexibility index (Phi) is 4.03. The highest BCUT2D eigenvalue weighted by molar-refractivity contribution is 6.16. The van der Waals surface area contributed by atoms with E-state index >= 15 is 0 Å². The van der Waals surface area contributed by atoms with Crippen molar-refractivity contribution in [2.24, 2.45) is 0 Å². The summed E-state index contributed by atoms with van der Waals surface area (Å²) < 4.78 is 44.3. The summed E-state index contributed by atoms with van der Waals surface area (Å²) in [4.78, 5) is 13.0. The van der Waals surface area contributed by atoms with Gasteiger partial charge in [-0.3, -0.25) is 9.20 Å². The predicted octanol–water partition coefficient (Wildman–Crippen LogP) is 3.67. The van der Waals surface area contributed by atoms with Crippen molar-refractivity contribution in [2.75, 3.05) is 0 Å². The average molecular weight is 395 g/mol. The average Bonchev–Trinajstić information content (AvgIpc) is 3.05. The Labute approximate surface area is 154 Å². The molecule has 0 bridgehead atoms. The number of fused-ring (bicyclic) bond motifs is 3. The zero-order valence-corrected chi connectivity index (χ0v) is 14.2. The summed E-state index contributed by atoms with van der Waals surface area (Å²) in [5, 5.41) is 8.34. The molecule has 0 fully saturated rings. The lowest BCUT2D eigenvalue weighted by Crippen LogP contribution is -2.22. The fourth-order valence-electron chi connectivity index (χ4n) is 2.90. The van der Waals surface area contributed by atoms with Gasteiger partial charge in [0.15, 0.2) is 5.82 Å². The highest BCUT2D eigenvalue weighted by Gasteiger charge is 2.31. The minimum Gasteiger partial charge on any atom is -0.406 e. The maximum Gasteiger partial charge on any atom is 0.573 e. The Morgan fingerprint density at radius 2 is 1.85 bits per heavy atom. The van der Waals surface area contributed by atoms with Gasteiger partial charge in [0.25, 0.3) is 5.56 Å². The van der Waals surface area contributed by atoms with Gasteiger partial charge in [0.2, 0.25) is 5.78 Å². The second-order valence-electron chi connectivity index (χ2n) is 5.59. The van der Waals surface area contributed by atoms with Crippen molar-refractivity contribution in [3.05, 3.63) is 64.7 Å². The molecule has 27 heavy (non-hydrogen) atoms. The van der Waals surface area contributed by atoms with Crippen LogP contribution in [0.15, 0.2) is 53.3 Å². The standard InChI is InChI=1S/C17H10ClF3N4O2/c18-9-14-22-23-16-24(10-4-3-5-11(8-10)27-17(19,20)21)15(26)12-6-1-2-7-13(12)25(14)16/h1-8H,9H2. The van der Waals surface area contributed by atoms with Crippen LogP contribution in [0, 0.1) is 0 Å². The van der Waals surface area contributed by atoms with Crippen molar-refractivity contribution in [1.82, 2.24) is 19.2 Å². The van der Waals surface area contributed by atoms with Gasteiger partial charge in [-0.15, -0.1) is 35.0 Å². The second-order valence-corrected chi connectivity index (χ2v) is 5.86. The molecule has 4 aromatic rings. The Morgan fingerprint density at radius 1 is 1.07 bits per heavy atom. The van der Waals surface area contributed by atoms with Crippen LogP contribution in [-0.2, 0) is 5.88 Å². The molecule has 0 unspecified atom stereocenters. The van der Waals surface area contributed by atoms with Gasteiger partial charge in [0, 0.05) is 6.07 Å². The molecule has 0 N–H and O–H groups in total. The van der Waals surface area contributed by atoms with Crippen LogP contribution in [-0.4, -0.2) is 25.5 Å². The number of aromatic nitrogens is 4. The number of alkyl halides is 4. The van der Waals surface area contributed by atoms with Crippen LogP contribution in [0.5, 0.6) is 5.75 Å². The molecule has 0 spiro atoms. The molecule has 138 valence electrons. The van der Waals surface area contributed by atoms with Crippen LogP contribution >= 0.6 is 11.6 Å². The molecular formula is C17H10ClF3N4O2. The molecule has 4 rings (SSSR count). The number of hydrogen-bond donors (Lipinski definition) is 0. The van der Waals surface area contributed by atoms with Gasteiger partial charge in [0.05, 0.1) is 22.5 Å². The summed E-state index contributed by atoms with van der Waals surface area (Å²) in [6.07, 6.45) is -4.84. The Balaban J connectivity index is 2.05. The molecule has 0 atom stereocenters. The van der Waals surface area contributed by atoms with Crippen molar-refractivity contribution in [1.29, 1.82) is 0 Å². The van der Waals surface area contributed by atoms with Crippen molar-refractivity contribution in [3.63, 3.8) is 0 Å². The van der Waals surface area contributed by atoms with Crippen LogP contribution in [0.25, 0.3) is 22.4 Å². The summed E-state index contributed by atoms with van der Waals surface area (Å²) >= 11 is 5.93. The van der Waals surface area contributed by atoms with E-state index in [-0.39, 0.29) is 17.3 Å². The zero-order chi connectivity index (χ0) is 19.2. The molecule has 0 aliphatic rings. The minimum absolute atomic E-state index is 0.0423. The lowest BCUT2D eigenvalue weighted by molar-refractivity contribution is -0.274. The van der Waals surface area contributed by atoms with Gasteiger partial charge < -0.3 is 4.74 Å². The summed E-state index contributed by atoms with van der Waals surface area (Å²) in [6.45, 7) is 0. The highest BCUT2D eigenvalue weighted by atomic mass is 35.5. The lowest BCUT2D eigenvalue weighted by atomic mass is 10.2. The van der Waals surface area contributed by atoms with Gasteiger partial charge in [-0.1, -0.05) is 18.2 Å². The van der Waals surface area contributed by atoms with Crippen LogP contribution in [0.2, 0.25) is 0 Å². The topological polar surface area (TPSA) is 61.4 Å². The second kappa shape index (κ2) is 6.27. The van der Waals surface area contributed by atoms with Gasteiger partial charge >= 0.3 is 6.36 Å². The molecule has 0 amide bonds. The number of rotatable bonds is 3. The molecule has 0 aliphatic heterocycles. The largest absolute Gasteiger partial charge is 0.573 e. The van der Waals surface area contributed by atoms with Gasteiger partial charge in [-0.25, -0.2) is 4.57 Å². The first-order chi connectivity index (χ1) is 12.9. The van der Waals surface area contributed by atoms with Gasteiger partial charge in [0.1, 0.15) is 5.75 Å². The Hall–Kier alpha value is -3.07. The first-order valence-electron chi connectivity index (χ1n) is 7.69. The van der Waals surface area contributed by atoms with Crippen molar-refractivity contribution < 1.29 is 17.9 Å². The van der Waals surface area contributed by atoms with E-state index in [4.69, 9.17) is 11.6 Å². The maximum atomic E-state index is 13.0. The molecule has 10 heteroatoms. The van der Waals surface area contributed by atoms with Crippen LogP contribution in [0.1, 0.15) is 5.82 Å². The highest BCUT2D eigenvalue weighted by Crippen LogP contribution is 2.25. The molecule has 6 nitrogen and oxygen atoms in total. The fourth-order valence-corrected chi connectivity index (χ4v) is 3.07. The van der Waals surface area contributed by atoms with Crippen LogP contribution in [0.4, 0.5) is 13.2 Å². The third kappa shape index (κ3) is 2.99. The molecule has 2 aromatic carbocycles. The van der Waals surface area contributed by atoms with Crippen molar-refractivity contribution >= 4 is 28.3 Å². The Morgan fingerprint density at radius 3 is 2.59 bits per heavy atom. The summed E-state index contributed by atoms with van der Waals surface area (Å²) in [5.74, 6) is 0.133. The number of nitrogens with zero attached hydrogens (tertiary/aromatic N) is 4. The zero-order valence-electron chi connectivity index (χ0n) is 13.4.